The third-order valence-electron chi connectivity index (χ3n) is 5.35. The molecule has 2 aromatic rings. The lowest BCUT2D eigenvalue weighted by Gasteiger charge is -2.13. The third kappa shape index (κ3) is 8.61. The molecule has 0 N–H and O–H groups in total. The second-order valence-corrected chi connectivity index (χ2v) is 8.08. The van der Waals surface area contributed by atoms with Crippen LogP contribution in [-0.2, 0) is 4.74 Å². The lowest BCUT2D eigenvalue weighted by molar-refractivity contribution is 0.0320. The predicted molar refractivity (Wildman–Crippen MR) is 125 cm³/mol. The van der Waals surface area contributed by atoms with Crippen molar-refractivity contribution in [2.75, 3.05) is 6.61 Å². The van der Waals surface area contributed by atoms with Gasteiger partial charge in [0.15, 0.2) is 0 Å². The van der Waals surface area contributed by atoms with E-state index in [0.29, 0.717) is 5.56 Å². The fraction of sp³-hybridized carbons (Fsp3) is 0.519. The Morgan fingerprint density at radius 3 is 1.97 bits per heavy atom. The number of unbranched alkanes of at least 4 members (excludes halogenated alkanes) is 6. The molecule has 2 aromatic carbocycles. The number of rotatable bonds is 14. The van der Waals surface area contributed by atoms with Gasteiger partial charge >= 0.3 is 5.97 Å². The van der Waals surface area contributed by atoms with Crippen LogP contribution < -0.4 is 4.74 Å². The average molecular weight is 411 g/mol. The van der Waals surface area contributed by atoms with Crippen LogP contribution in [0.25, 0.3) is 11.1 Å². The maximum absolute atomic E-state index is 12.3. The molecule has 0 saturated heterocycles. The summed E-state index contributed by atoms with van der Waals surface area (Å²) in [5.41, 5.74) is 2.78. The highest BCUT2D eigenvalue weighted by Gasteiger charge is 2.12. The van der Waals surface area contributed by atoms with Gasteiger partial charge in [0.25, 0.3) is 0 Å². The van der Waals surface area contributed by atoms with Crippen molar-refractivity contribution in [1.82, 2.24) is 0 Å². The van der Waals surface area contributed by atoms with Gasteiger partial charge in [0.1, 0.15) is 5.75 Å². The average Bonchev–Trinajstić information content (AvgIpc) is 2.77. The number of ether oxygens (including phenoxy) is 2. The molecule has 0 heterocycles. The van der Waals surface area contributed by atoms with Crippen LogP contribution >= 0.6 is 0 Å². The van der Waals surface area contributed by atoms with E-state index in [-0.39, 0.29) is 12.1 Å². The van der Waals surface area contributed by atoms with Crippen LogP contribution in [0.4, 0.5) is 0 Å². The zero-order chi connectivity index (χ0) is 21.6. The molecule has 1 atom stereocenters. The van der Waals surface area contributed by atoms with E-state index < -0.39 is 0 Å². The van der Waals surface area contributed by atoms with Gasteiger partial charge in [-0.2, -0.15) is 0 Å². The summed E-state index contributed by atoms with van der Waals surface area (Å²) in [7, 11) is 0. The van der Waals surface area contributed by atoms with Crippen LogP contribution in [0.2, 0.25) is 0 Å². The monoisotopic (exact) mass is 410 g/mol. The molecule has 2 rings (SSSR count). The van der Waals surface area contributed by atoms with E-state index >= 15 is 0 Å². The van der Waals surface area contributed by atoms with Crippen molar-refractivity contribution < 1.29 is 14.3 Å². The molecule has 30 heavy (non-hydrogen) atoms. The van der Waals surface area contributed by atoms with Gasteiger partial charge in [-0.15, -0.1) is 0 Å². The molecule has 0 saturated carbocycles. The number of benzene rings is 2. The smallest absolute Gasteiger partial charge is 0.338 e. The van der Waals surface area contributed by atoms with E-state index in [4.69, 9.17) is 9.47 Å². The molecule has 3 nitrogen and oxygen atoms in total. The Balaban J connectivity index is 1.80. The number of hydrogen-bond donors (Lipinski definition) is 0. The van der Waals surface area contributed by atoms with E-state index in [1.165, 1.54) is 32.1 Å². The molecule has 0 fully saturated rings. The summed E-state index contributed by atoms with van der Waals surface area (Å²) < 4.78 is 11.4. The summed E-state index contributed by atoms with van der Waals surface area (Å²) in [4.78, 5) is 12.3. The van der Waals surface area contributed by atoms with Crippen LogP contribution in [-0.4, -0.2) is 18.7 Å². The SMILES string of the molecule is CCCCCCCCOc1ccc(-c2ccc(C(=O)OC(C)CCCC)cc2)cc1. The van der Waals surface area contributed by atoms with Crippen molar-refractivity contribution in [1.29, 1.82) is 0 Å². The van der Waals surface area contributed by atoms with Crippen molar-refractivity contribution >= 4 is 5.97 Å². The van der Waals surface area contributed by atoms with Gasteiger partial charge in [-0.25, -0.2) is 4.79 Å². The first-order valence-electron chi connectivity index (χ1n) is 11.7. The Morgan fingerprint density at radius 1 is 0.767 bits per heavy atom. The summed E-state index contributed by atoms with van der Waals surface area (Å²) in [6.45, 7) is 7.11. The Bertz CT molecular complexity index is 719. The zero-order valence-corrected chi connectivity index (χ0v) is 19.0. The lowest BCUT2D eigenvalue weighted by atomic mass is 10.0. The topological polar surface area (TPSA) is 35.5 Å². The molecule has 0 bridgehead atoms. The van der Waals surface area contributed by atoms with Gasteiger partial charge in [-0.1, -0.05) is 83.1 Å². The maximum Gasteiger partial charge on any atom is 0.338 e. The first kappa shape index (κ1) is 24.0. The Labute approximate surface area is 182 Å². The molecule has 0 spiro atoms. The van der Waals surface area contributed by atoms with Crippen LogP contribution in [0.5, 0.6) is 5.75 Å². The Hall–Kier alpha value is -2.29. The molecule has 3 heteroatoms. The number of esters is 1. The van der Waals surface area contributed by atoms with Crippen molar-refractivity contribution in [2.45, 2.75) is 84.7 Å². The van der Waals surface area contributed by atoms with E-state index in [2.05, 4.69) is 26.0 Å². The number of hydrogen-bond acceptors (Lipinski definition) is 3. The molecule has 0 aliphatic carbocycles. The van der Waals surface area contributed by atoms with Crippen molar-refractivity contribution in [3.05, 3.63) is 54.1 Å². The zero-order valence-electron chi connectivity index (χ0n) is 19.0. The molecule has 0 aromatic heterocycles. The fourth-order valence-corrected chi connectivity index (χ4v) is 3.42. The highest BCUT2D eigenvalue weighted by atomic mass is 16.5. The molecule has 0 radical (unpaired) electrons. The van der Waals surface area contributed by atoms with Gasteiger partial charge in [0, 0.05) is 0 Å². The van der Waals surface area contributed by atoms with E-state index in [1.807, 2.05) is 43.3 Å². The molecule has 0 aliphatic heterocycles. The molecule has 0 amide bonds. The predicted octanol–water partition coefficient (Wildman–Crippen LogP) is 7.83. The standard InChI is InChI=1S/C27H38O3/c1-4-6-8-9-10-11-21-29-26-19-17-24(18-20-26)23-13-15-25(16-14-23)27(28)30-22(3)12-7-5-2/h13-20,22H,4-12,21H2,1-3H3. The summed E-state index contributed by atoms with van der Waals surface area (Å²) in [5.74, 6) is 0.664. The maximum atomic E-state index is 12.3. The van der Waals surface area contributed by atoms with Crippen LogP contribution in [0.15, 0.2) is 48.5 Å². The Morgan fingerprint density at radius 2 is 1.33 bits per heavy atom. The van der Waals surface area contributed by atoms with Gasteiger partial charge in [-0.3, -0.25) is 0 Å². The molecule has 1 unspecified atom stereocenters. The summed E-state index contributed by atoms with van der Waals surface area (Å²) >= 11 is 0. The largest absolute Gasteiger partial charge is 0.494 e. The summed E-state index contributed by atoms with van der Waals surface area (Å²) in [6.07, 6.45) is 10.7. The minimum absolute atomic E-state index is 0.0407. The van der Waals surface area contributed by atoms with Crippen LogP contribution in [0.1, 0.15) is 88.9 Å². The third-order valence-corrected chi connectivity index (χ3v) is 5.35. The summed E-state index contributed by atoms with van der Waals surface area (Å²) in [5, 5.41) is 0. The lowest BCUT2D eigenvalue weighted by Crippen LogP contribution is -2.14. The van der Waals surface area contributed by atoms with Gasteiger partial charge in [0.05, 0.1) is 18.3 Å². The normalized spacial score (nSPS) is 11.8. The minimum Gasteiger partial charge on any atom is -0.494 e. The first-order chi connectivity index (χ1) is 14.6. The quantitative estimate of drug-likeness (QED) is 0.235. The molecule has 0 aliphatic rings. The number of carbonyl (C=O) groups excluding carboxylic acids is 1. The van der Waals surface area contributed by atoms with Crippen molar-refractivity contribution in [3.8, 4) is 16.9 Å². The van der Waals surface area contributed by atoms with Crippen LogP contribution in [0.3, 0.4) is 0 Å². The number of carbonyl (C=O) groups is 1. The minimum atomic E-state index is -0.247. The van der Waals surface area contributed by atoms with Crippen LogP contribution in [0, 0.1) is 0 Å². The second kappa shape index (κ2) is 13.8. The fourth-order valence-electron chi connectivity index (χ4n) is 3.42. The summed E-state index contributed by atoms with van der Waals surface area (Å²) in [6, 6.07) is 15.8. The van der Waals surface area contributed by atoms with Crippen molar-refractivity contribution in [3.63, 3.8) is 0 Å². The van der Waals surface area contributed by atoms with Gasteiger partial charge < -0.3 is 9.47 Å². The molecular weight excluding hydrogens is 372 g/mol. The molecular formula is C27H38O3. The highest BCUT2D eigenvalue weighted by Crippen LogP contribution is 2.23. The van der Waals surface area contributed by atoms with Gasteiger partial charge in [0.2, 0.25) is 0 Å². The first-order valence-corrected chi connectivity index (χ1v) is 11.7. The molecule has 164 valence electrons. The van der Waals surface area contributed by atoms with E-state index in [9.17, 15) is 4.79 Å². The van der Waals surface area contributed by atoms with Crippen molar-refractivity contribution in [2.24, 2.45) is 0 Å². The van der Waals surface area contributed by atoms with E-state index in [1.54, 1.807) is 0 Å². The second-order valence-electron chi connectivity index (χ2n) is 8.08. The van der Waals surface area contributed by atoms with E-state index in [0.717, 1.165) is 49.2 Å². The van der Waals surface area contributed by atoms with Gasteiger partial charge in [-0.05, 0) is 55.2 Å². The Kier molecular flexibility index (Phi) is 11.1. The highest BCUT2D eigenvalue weighted by molar-refractivity contribution is 5.90.